The molecule has 0 aliphatic heterocycles. The van der Waals surface area contributed by atoms with E-state index in [4.69, 9.17) is 22.3 Å². The number of fused-ring (bicyclic) bond motifs is 2. The number of benzene rings is 5. The maximum Gasteiger partial charge on any atom is 0.148 e. The molecule has 4 nitrogen and oxygen atoms in total. The maximum atomic E-state index is 5.87. The summed E-state index contributed by atoms with van der Waals surface area (Å²) < 4.78 is 11.7. The third kappa shape index (κ3) is 5.41. The van der Waals surface area contributed by atoms with Gasteiger partial charge in [-0.3, -0.25) is 9.98 Å². The average Bonchev–Trinajstić information content (AvgIpc) is 2.97. The van der Waals surface area contributed by atoms with Crippen molar-refractivity contribution in [1.82, 2.24) is 0 Å². The number of nitrogens with zero attached hydrogens (tertiary/aromatic N) is 2. The number of hydrogen-bond donors (Lipinski definition) is 0. The highest BCUT2D eigenvalue weighted by molar-refractivity contribution is 5.99. The molecule has 0 radical (unpaired) electrons. The second-order valence-electron chi connectivity index (χ2n) is 8.43. The molecule has 0 amide bonds. The fourth-order valence-electron chi connectivity index (χ4n) is 4.19. The largest absolute Gasteiger partial charge is 0.480 e. The van der Waals surface area contributed by atoms with Gasteiger partial charge >= 0.3 is 0 Å². The summed E-state index contributed by atoms with van der Waals surface area (Å²) >= 11 is 0. The summed E-state index contributed by atoms with van der Waals surface area (Å²) in [6.07, 6.45) is 14.4. The molecule has 5 aromatic rings. The van der Waals surface area contributed by atoms with E-state index in [1.54, 1.807) is 12.4 Å². The van der Waals surface area contributed by atoms with Crippen LogP contribution >= 0.6 is 0 Å². The van der Waals surface area contributed by atoms with E-state index in [-0.39, 0.29) is 13.2 Å². The second kappa shape index (κ2) is 11.6. The monoisotopic (exact) mass is 492 g/mol. The van der Waals surface area contributed by atoms with Crippen LogP contribution in [0.1, 0.15) is 11.1 Å². The molecule has 4 heteroatoms. The maximum absolute atomic E-state index is 5.87. The number of rotatable bonds is 8. The highest BCUT2D eigenvalue weighted by Gasteiger charge is 2.09. The van der Waals surface area contributed by atoms with E-state index in [2.05, 4.69) is 21.8 Å². The molecule has 0 saturated heterocycles. The van der Waals surface area contributed by atoms with Crippen LogP contribution in [-0.4, -0.2) is 25.6 Å². The van der Waals surface area contributed by atoms with Crippen LogP contribution in [0.5, 0.6) is 11.5 Å². The summed E-state index contributed by atoms with van der Waals surface area (Å²) in [4.78, 5) is 9.29. The van der Waals surface area contributed by atoms with Gasteiger partial charge in [-0.25, -0.2) is 0 Å². The minimum absolute atomic E-state index is 0.189. The van der Waals surface area contributed by atoms with Gasteiger partial charge in [-0.1, -0.05) is 72.5 Å². The molecular weight excluding hydrogens is 468 g/mol. The molecule has 0 atom stereocenters. The molecule has 0 saturated carbocycles. The third-order valence-corrected chi connectivity index (χ3v) is 5.97. The van der Waals surface area contributed by atoms with Crippen molar-refractivity contribution in [3.05, 3.63) is 108 Å². The lowest BCUT2D eigenvalue weighted by atomic mass is 10.1. The minimum Gasteiger partial charge on any atom is -0.480 e. The van der Waals surface area contributed by atoms with Crippen LogP contribution < -0.4 is 9.47 Å². The molecule has 38 heavy (non-hydrogen) atoms. The first kappa shape index (κ1) is 24.4. The van der Waals surface area contributed by atoms with Crippen molar-refractivity contribution < 1.29 is 9.47 Å². The molecule has 182 valence electrons. The molecule has 5 rings (SSSR count). The van der Waals surface area contributed by atoms with Gasteiger partial charge in [0.05, 0.1) is 11.4 Å². The Morgan fingerprint density at radius 2 is 0.974 bits per heavy atom. The van der Waals surface area contributed by atoms with Crippen molar-refractivity contribution in [3.8, 4) is 36.2 Å². The van der Waals surface area contributed by atoms with E-state index in [0.717, 1.165) is 55.5 Å². The van der Waals surface area contributed by atoms with Gasteiger partial charge in [-0.05, 0) is 47.2 Å². The van der Waals surface area contributed by atoms with Crippen LogP contribution in [0.15, 0.2) is 107 Å². The third-order valence-electron chi connectivity index (χ3n) is 5.97. The fraction of sp³-hybridized carbons (Fsp3) is 0.0588. The number of hydrogen-bond acceptors (Lipinski definition) is 4. The second-order valence-corrected chi connectivity index (χ2v) is 8.43. The first-order chi connectivity index (χ1) is 18.8. The van der Waals surface area contributed by atoms with E-state index >= 15 is 0 Å². The van der Waals surface area contributed by atoms with Crippen LogP contribution in [0.4, 0.5) is 11.4 Å². The molecular formula is C34H24N2O2. The predicted molar refractivity (Wildman–Crippen MR) is 158 cm³/mol. The molecule has 0 fully saturated rings. The van der Waals surface area contributed by atoms with E-state index < -0.39 is 0 Å². The zero-order valence-electron chi connectivity index (χ0n) is 20.7. The lowest BCUT2D eigenvalue weighted by Gasteiger charge is -2.10. The number of terminal acetylenes is 2. The topological polar surface area (TPSA) is 43.2 Å². The molecule has 5 aromatic carbocycles. The van der Waals surface area contributed by atoms with E-state index in [9.17, 15) is 0 Å². The van der Waals surface area contributed by atoms with Gasteiger partial charge in [0.1, 0.15) is 24.7 Å². The van der Waals surface area contributed by atoms with Gasteiger partial charge in [0.25, 0.3) is 0 Å². The van der Waals surface area contributed by atoms with Crippen molar-refractivity contribution in [1.29, 1.82) is 0 Å². The first-order valence-corrected chi connectivity index (χ1v) is 12.1. The molecule has 0 aliphatic rings. The highest BCUT2D eigenvalue weighted by Crippen LogP contribution is 2.31. The Labute approximate surface area is 222 Å². The van der Waals surface area contributed by atoms with Gasteiger partial charge in [-0.2, -0.15) is 0 Å². The van der Waals surface area contributed by atoms with Gasteiger partial charge < -0.3 is 9.47 Å². The molecule has 0 aromatic heterocycles. The summed E-state index contributed by atoms with van der Waals surface area (Å²) in [6, 6.07) is 31.8. The van der Waals surface area contributed by atoms with Crippen molar-refractivity contribution >= 4 is 45.3 Å². The van der Waals surface area contributed by atoms with Gasteiger partial charge in [0, 0.05) is 34.3 Å². The normalized spacial score (nSPS) is 11.1. The van der Waals surface area contributed by atoms with Gasteiger partial charge in [0.15, 0.2) is 0 Å². The predicted octanol–water partition coefficient (Wildman–Crippen LogP) is 7.52. The summed E-state index contributed by atoms with van der Waals surface area (Å²) in [5.41, 5.74) is 3.31. The van der Waals surface area contributed by atoms with Crippen LogP contribution in [0.25, 0.3) is 21.5 Å². The Morgan fingerprint density at radius 1 is 0.553 bits per heavy atom. The summed E-state index contributed by atoms with van der Waals surface area (Å²) in [6.45, 7) is 0.377. The van der Waals surface area contributed by atoms with Crippen LogP contribution in [0.3, 0.4) is 0 Å². The highest BCUT2D eigenvalue weighted by atomic mass is 16.5. The van der Waals surface area contributed by atoms with Crippen molar-refractivity contribution in [2.45, 2.75) is 0 Å². The molecule has 0 spiro atoms. The van der Waals surface area contributed by atoms with Crippen molar-refractivity contribution in [2.75, 3.05) is 13.2 Å². The Bertz CT molecular complexity index is 1610. The molecule has 0 bridgehead atoms. The van der Waals surface area contributed by atoms with Crippen molar-refractivity contribution in [2.24, 2.45) is 9.98 Å². The Hall–Kier alpha value is -5.32. The molecule has 0 heterocycles. The Kier molecular flexibility index (Phi) is 7.45. The Balaban J connectivity index is 1.37. The van der Waals surface area contributed by atoms with E-state index in [1.807, 2.05) is 97.1 Å². The fourth-order valence-corrected chi connectivity index (χ4v) is 4.19. The summed E-state index contributed by atoms with van der Waals surface area (Å²) in [5, 5.41) is 4.16. The van der Waals surface area contributed by atoms with Crippen LogP contribution in [0.2, 0.25) is 0 Å². The molecule has 0 aliphatic carbocycles. The standard InChI is InChI=1S/C34H24N2O2/c1-3-21-37-33-27(15-13-25-9-5-7-11-31(25)33)23-35-29-17-19-30(20-18-29)36-24-28-16-14-26-10-6-8-12-32(26)34(28)38-22-4-2/h1-2,5-20,23-24H,21-22H2. The van der Waals surface area contributed by atoms with E-state index in [0.29, 0.717) is 0 Å². The smallest absolute Gasteiger partial charge is 0.148 e. The molecule has 0 N–H and O–H groups in total. The number of aliphatic imine (C=N–C) groups is 2. The SMILES string of the molecule is C#CCOc1c(C=Nc2ccc(N=Cc3ccc4ccccc4c3OCC#C)cc2)ccc2ccccc12. The van der Waals surface area contributed by atoms with Gasteiger partial charge in [0.2, 0.25) is 0 Å². The molecule has 0 unspecified atom stereocenters. The average molecular weight is 493 g/mol. The Morgan fingerprint density at radius 3 is 1.39 bits per heavy atom. The summed E-state index contributed by atoms with van der Waals surface area (Å²) in [7, 11) is 0. The lowest BCUT2D eigenvalue weighted by Crippen LogP contribution is -1.98. The number of ether oxygens (including phenoxy) is 2. The van der Waals surface area contributed by atoms with Crippen molar-refractivity contribution in [3.63, 3.8) is 0 Å². The van der Waals surface area contributed by atoms with Crippen LogP contribution in [0, 0.1) is 24.7 Å². The minimum atomic E-state index is 0.189. The zero-order chi connectivity index (χ0) is 26.2. The summed E-state index contributed by atoms with van der Waals surface area (Å²) in [5.74, 6) is 6.53. The zero-order valence-corrected chi connectivity index (χ0v) is 20.7. The quantitative estimate of drug-likeness (QED) is 0.166. The van der Waals surface area contributed by atoms with Gasteiger partial charge in [-0.15, -0.1) is 12.8 Å². The van der Waals surface area contributed by atoms with Crippen LogP contribution in [-0.2, 0) is 0 Å². The first-order valence-electron chi connectivity index (χ1n) is 12.1. The lowest BCUT2D eigenvalue weighted by molar-refractivity contribution is 0.374. The van der Waals surface area contributed by atoms with E-state index in [1.165, 1.54) is 0 Å².